The van der Waals surface area contributed by atoms with Crippen LogP contribution in [-0.2, 0) is 4.74 Å². The predicted molar refractivity (Wildman–Crippen MR) is 60.4 cm³/mol. The van der Waals surface area contributed by atoms with Crippen molar-refractivity contribution in [2.24, 2.45) is 0 Å². The second-order valence-corrected chi connectivity index (χ2v) is 4.16. The molecule has 1 atom stereocenters. The molecule has 0 spiro atoms. The van der Waals surface area contributed by atoms with Crippen molar-refractivity contribution in [2.45, 2.75) is 25.1 Å². The molecule has 106 valence electrons. The number of benzene rings is 1. The molecule has 0 aliphatic heterocycles. The first-order valence-electron chi connectivity index (χ1n) is 4.96. The highest BCUT2D eigenvalue weighted by Crippen LogP contribution is 2.46. The molecule has 1 aromatic carbocycles. The van der Waals surface area contributed by atoms with E-state index in [-0.39, 0.29) is 0 Å². The fraction of sp³-hybridized carbons (Fsp3) is 0.364. The van der Waals surface area contributed by atoms with Crippen LogP contribution in [0.2, 0.25) is 0 Å². The molecule has 0 radical (unpaired) electrons. The Kier molecular flexibility index (Phi) is 4.44. The van der Waals surface area contributed by atoms with E-state index in [2.05, 4.69) is 17.4 Å². The van der Waals surface area contributed by atoms with Gasteiger partial charge in [-0.15, -0.1) is 0 Å². The molecular formula is C11H9F5O2S. The lowest BCUT2D eigenvalue weighted by Crippen LogP contribution is -2.43. The maximum absolute atomic E-state index is 13.3. The van der Waals surface area contributed by atoms with Gasteiger partial charge in [0.15, 0.2) is 0 Å². The quantitative estimate of drug-likeness (QED) is 0.512. The first-order valence-corrected chi connectivity index (χ1v) is 5.41. The molecule has 0 heterocycles. The highest BCUT2D eigenvalue weighted by Gasteiger charge is 2.64. The molecule has 0 aliphatic rings. The lowest BCUT2D eigenvalue weighted by atomic mass is 10.0. The van der Waals surface area contributed by atoms with Gasteiger partial charge in [0, 0.05) is 0 Å². The Bertz CT molecular complexity index is 455. The smallest absolute Gasteiger partial charge is 0.443 e. The lowest BCUT2D eigenvalue weighted by molar-refractivity contribution is -0.313. The largest absolute Gasteiger partial charge is 0.457 e. The van der Waals surface area contributed by atoms with Crippen LogP contribution in [0.4, 0.5) is 26.7 Å². The molecule has 0 bridgehead atoms. The molecule has 1 aromatic rings. The van der Waals surface area contributed by atoms with Crippen LogP contribution in [0.3, 0.4) is 0 Å². The molecule has 19 heavy (non-hydrogen) atoms. The van der Waals surface area contributed by atoms with Gasteiger partial charge in [-0.1, -0.05) is 42.5 Å². The molecule has 0 saturated heterocycles. The van der Waals surface area contributed by atoms with Gasteiger partial charge in [-0.05, 0) is 12.5 Å². The summed E-state index contributed by atoms with van der Waals surface area (Å²) in [6.45, 7) is 1.63. The summed E-state index contributed by atoms with van der Waals surface area (Å²) in [6.07, 6.45) is -8.61. The normalized spacial score (nSPS) is 14.1. The standard InChI is InChI=1S/C11H9F5O2S/c1-6-2-4-7(5-3-6)8(18-9(17)19)10(12,13)11(14,15)16/h2-5,8H,1H3,(H,17,19). The SMILES string of the molecule is Cc1ccc(C(OC(=O)S)C(F)(F)C(F)(F)F)cc1. The summed E-state index contributed by atoms with van der Waals surface area (Å²) in [6, 6.07) is 4.75. The number of thiol groups is 1. The van der Waals surface area contributed by atoms with Gasteiger partial charge >= 0.3 is 17.4 Å². The van der Waals surface area contributed by atoms with Crippen molar-refractivity contribution in [3.8, 4) is 0 Å². The zero-order valence-electron chi connectivity index (χ0n) is 9.54. The number of aryl methyl sites for hydroxylation is 1. The van der Waals surface area contributed by atoms with Gasteiger partial charge in [0.1, 0.15) is 0 Å². The van der Waals surface area contributed by atoms with Crippen LogP contribution in [0.1, 0.15) is 17.2 Å². The van der Waals surface area contributed by atoms with Crippen LogP contribution in [-0.4, -0.2) is 17.4 Å². The maximum atomic E-state index is 13.3. The van der Waals surface area contributed by atoms with Gasteiger partial charge in [-0.2, -0.15) is 22.0 Å². The van der Waals surface area contributed by atoms with E-state index in [1.54, 1.807) is 6.92 Å². The Labute approximate surface area is 111 Å². The minimum atomic E-state index is -5.84. The molecule has 0 aliphatic carbocycles. The van der Waals surface area contributed by atoms with E-state index in [1.165, 1.54) is 12.1 Å². The summed E-state index contributed by atoms with van der Waals surface area (Å²) < 4.78 is 67.6. The van der Waals surface area contributed by atoms with Crippen LogP contribution in [0.5, 0.6) is 0 Å². The van der Waals surface area contributed by atoms with E-state index in [1.807, 2.05) is 0 Å². The topological polar surface area (TPSA) is 26.3 Å². The number of ether oxygens (including phenoxy) is 1. The van der Waals surface area contributed by atoms with Gasteiger partial charge in [-0.3, -0.25) is 0 Å². The van der Waals surface area contributed by atoms with E-state index in [0.717, 1.165) is 12.1 Å². The highest BCUT2D eigenvalue weighted by molar-refractivity contribution is 7.96. The molecule has 0 aromatic heterocycles. The number of halogens is 5. The number of alkyl halides is 5. The number of carbonyl (C=O) groups is 1. The van der Waals surface area contributed by atoms with Crippen LogP contribution in [0.25, 0.3) is 0 Å². The summed E-state index contributed by atoms with van der Waals surface area (Å²) in [5.74, 6) is -5.21. The van der Waals surface area contributed by atoms with Crippen molar-refractivity contribution in [3.05, 3.63) is 35.4 Å². The van der Waals surface area contributed by atoms with E-state index < -0.39 is 29.1 Å². The third kappa shape index (κ3) is 3.59. The molecule has 0 amide bonds. The third-order valence-electron chi connectivity index (χ3n) is 2.31. The number of hydrogen-bond donors (Lipinski definition) is 1. The Balaban J connectivity index is 3.22. The molecule has 1 rings (SSSR count). The van der Waals surface area contributed by atoms with Gasteiger partial charge < -0.3 is 4.74 Å². The highest BCUT2D eigenvalue weighted by atomic mass is 32.1. The summed E-state index contributed by atoms with van der Waals surface area (Å²) in [7, 11) is 0. The second kappa shape index (κ2) is 5.36. The van der Waals surface area contributed by atoms with E-state index in [9.17, 15) is 26.7 Å². The van der Waals surface area contributed by atoms with Crippen LogP contribution >= 0.6 is 12.6 Å². The average Bonchev–Trinajstić information content (AvgIpc) is 2.25. The molecule has 1 unspecified atom stereocenters. The monoisotopic (exact) mass is 300 g/mol. The number of carbonyl (C=O) groups excluding carboxylic acids is 1. The van der Waals surface area contributed by atoms with Crippen molar-refractivity contribution < 1.29 is 31.5 Å². The first-order chi connectivity index (χ1) is 8.55. The van der Waals surface area contributed by atoms with Crippen molar-refractivity contribution >= 4 is 17.9 Å². The van der Waals surface area contributed by atoms with Gasteiger partial charge in [0.2, 0.25) is 6.10 Å². The van der Waals surface area contributed by atoms with E-state index in [4.69, 9.17) is 0 Å². The van der Waals surface area contributed by atoms with Crippen LogP contribution < -0.4 is 0 Å². The molecule has 0 saturated carbocycles. The Hall–Kier alpha value is -1.31. The van der Waals surface area contributed by atoms with Crippen molar-refractivity contribution in [2.75, 3.05) is 0 Å². The Morgan fingerprint density at radius 1 is 1.16 bits per heavy atom. The van der Waals surface area contributed by atoms with Crippen molar-refractivity contribution in [3.63, 3.8) is 0 Å². The average molecular weight is 300 g/mol. The molecule has 0 N–H and O–H groups in total. The summed E-state index contributed by atoms with van der Waals surface area (Å²) >= 11 is 3.07. The van der Waals surface area contributed by atoms with Crippen LogP contribution in [0, 0.1) is 6.92 Å². The van der Waals surface area contributed by atoms with Gasteiger partial charge in [0.05, 0.1) is 0 Å². The van der Waals surface area contributed by atoms with Crippen LogP contribution in [0.15, 0.2) is 24.3 Å². The van der Waals surface area contributed by atoms with E-state index >= 15 is 0 Å². The molecular weight excluding hydrogens is 291 g/mol. The van der Waals surface area contributed by atoms with E-state index in [0.29, 0.717) is 5.56 Å². The third-order valence-corrected chi connectivity index (χ3v) is 2.41. The second-order valence-electron chi connectivity index (χ2n) is 3.80. The maximum Gasteiger partial charge on any atom is 0.457 e. The first kappa shape index (κ1) is 15.7. The van der Waals surface area contributed by atoms with Crippen molar-refractivity contribution in [1.82, 2.24) is 0 Å². The minimum absolute atomic E-state index is 0.463. The lowest BCUT2D eigenvalue weighted by Gasteiger charge is -2.28. The fourth-order valence-electron chi connectivity index (χ4n) is 1.34. The minimum Gasteiger partial charge on any atom is -0.443 e. The fourth-order valence-corrected chi connectivity index (χ4v) is 1.45. The number of hydrogen-bond acceptors (Lipinski definition) is 2. The summed E-state index contributed by atoms with van der Waals surface area (Å²) in [4.78, 5) is 10.6. The zero-order chi connectivity index (χ0) is 14.8. The predicted octanol–water partition coefficient (Wildman–Crippen LogP) is 4.30. The summed E-state index contributed by atoms with van der Waals surface area (Å²) in [5.41, 5.74) is 0.199. The number of rotatable bonds is 3. The Morgan fingerprint density at radius 3 is 2.00 bits per heavy atom. The van der Waals surface area contributed by atoms with Gasteiger partial charge in [-0.25, -0.2) is 4.79 Å². The Morgan fingerprint density at radius 2 is 1.63 bits per heavy atom. The molecule has 2 nitrogen and oxygen atoms in total. The molecule has 0 fully saturated rings. The zero-order valence-corrected chi connectivity index (χ0v) is 10.4. The van der Waals surface area contributed by atoms with Gasteiger partial charge in [0.25, 0.3) is 0 Å². The summed E-state index contributed by atoms with van der Waals surface area (Å²) in [5, 5.41) is -1.52. The van der Waals surface area contributed by atoms with Crippen molar-refractivity contribution in [1.29, 1.82) is 0 Å². The molecule has 8 heteroatoms.